The summed E-state index contributed by atoms with van der Waals surface area (Å²) in [6.45, 7) is 5.59. The van der Waals surface area contributed by atoms with Crippen molar-refractivity contribution >= 4 is 17.3 Å². The third kappa shape index (κ3) is 3.30. The predicted octanol–water partition coefficient (Wildman–Crippen LogP) is 2.14. The van der Waals surface area contributed by atoms with Crippen molar-refractivity contribution in [2.75, 3.05) is 18.5 Å². The molecule has 1 aliphatic heterocycles. The Morgan fingerprint density at radius 3 is 2.76 bits per heavy atom. The van der Waals surface area contributed by atoms with Crippen LogP contribution in [0.3, 0.4) is 0 Å². The van der Waals surface area contributed by atoms with Crippen LogP contribution in [0.15, 0.2) is 18.2 Å². The number of likely N-dealkylation sites (tertiary alicyclic amines) is 1. The van der Waals surface area contributed by atoms with E-state index in [0.29, 0.717) is 18.7 Å². The van der Waals surface area contributed by atoms with E-state index in [9.17, 15) is 14.9 Å². The summed E-state index contributed by atoms with van der Waals surface area (Å²) in [4.78, 5) is 24.7. The maximum absolute atomic E-state index is 12.5. The fourth-order valence-corrected chi connectivity index (χ4v) is 2.72. The van der Waals surface area contributed by atoms with Crippen LogP contribution in [-0.4, -0.2) is 28.8 Å². The first-order valence-electron chi connectivity index (χ1n) is 6.88. The van der Waals surface area contributed by atoms with Crippen molar-refractivity contribution in [3.8, 4) is 0 Å². The maximum Gasteiger partial charge on any atom is 0.294 e. The summed E-state index contributed by atoms with van der Waals surface area (Å²) in [5, 5.41) is 11.0. The first-order valence-corrected chi connectivity index (χ1v) is 6.88. The van der Waals surface area contributed by atoms with Gasteiger partial charge in [-0.1, -0.05) is 13.8 Å². The Labute approximate surface area is 123 Å². The molecule has 3 N–H and O–H groups in total. The molecule has 1 aliphatic rings. The van der Waals surface area contributed by atoms with Crippen LogP contribution in [0.4, 0.5) is 11.4 Å². The van der Waals surface area contributed by atoms with Gasteiger partial charge in [-0.2, -0.15) is 0 Å². The molecule has 0 saturated carbocycles. The van der Waals surface area contributed by atoms with Gasteiger partial charge in [-0.05, 0) is 30.4 Å². The summed E-state index contributed by atoms with van der Waals surface area (Å²) in [6.07, 6.45) is 2.02. The third-order valence-electron chi connectivity index (χ3n) is 3.78. The molecular weight excluding hydrogens is 272 g/mol. The molecule has 1 aromatic carbocycles. The molecule has 0 bridgehead atoms. The second-order valence-corrected chi connectivity index (χ2v) is 6.13. The lowest BCUT2D eigenvalue weighted by molar-refractivity contribution is -0.384. The number of nitro benzene ring substituents is 1. The molecule has 2 rings (SSSR count). The second-order valence-electron chi connectivity index (χ2n) is 6.13. The van der Waals surface area contributed by atoms with E-state index >= 15 is 0 Å². The summed E-state index contributed by atoms with van der Waals surface area (Å²) < 4.78 is 0. The number of carbonyl (C=O) groups is 1. The number of nitro groups is 1. The standard InChI is InChI=1S/C14H20N4O3/c1-14(2)6-3-7-17(9-14)13(19)10-4-5-11(16-15)12(8-10)18(20)21/h4-5,8,16H,3,6-7,9,15H2,1-2H3. The molecule has 114 valence electrons. The van der Waals surface area contributed by atoms with Gasteiger partial charge in [0.1, 0.15) is 5.69 Å². The van der Waals surface area contributed by atoms with Crippen molar-refractivity contribution in [1.82, 2.24) is 4.90 Å². The van der Waals surface area contributed by atoms with Crippen LogP contribution in [-0.2, 0) is 0 Å². The van der Waals surface area contributed by atoms with Crippen LogP contribution < -0.4 is 11.3 Å². The molecule has 0 spiro atoms. The maximum atomic E-state index is 12.5. The number of nitrogens with zero attached hydrogens (tertiary/aromatic N) is 2. The van der Waals surface area contributed by atoms with Crippen LogP contribution >= 0.6 is 0 Å². The average Bonchev–Trinajstić information content (AvgIpc) is 2.44. The van der Waals surface area contributed by atoms with Crippen molar-refractivity contribution < 1.29 is 9.72 Å². The second kappa shape index (κ2) is 5.69. The summed E-state index contributed by atoms with van der Waals surface area (Å²) in [6, 6.07) is 4.30. The van der Waals surface area contributed by atoms with Gasteiger partial charge in [-0.25, -0.2) is 0 Å². The summed E-state index contributed by atoms with van der Waals surface area (Å²) in [5.74, 6) is 5.07. The van der Waals surface area contributed by atoms with E-state index in [1.165, 1.54) is 12.1 Å². The molecule has 0 atom stereocenters. The van der Waals surface area contributed by atoms with E-state index in [2.05, 4.69) is 19.3 Å². The number of hydrogen-bond acceptors (Lipinski definition) is 5. The van der Waals surface area contributed by atoms with E-state index in [1.54, 1.807) is 11.0 Å². The number of anilines is 1. The first-order chi connectivity index (χ1) is 9.84. The number of rotatable bonds is 3. The highest BCUT2D eigenvalue weighted by Crippen LogP contribution is 2.30. The van der Waals surface area contributed by atoms with E-state index in [0.717, 1.165) is 12.8 Å². The number of hydrazine groups is 1. The van der Waals surface area contributed by atoms with Crippen LogP contribution in [0.2, 0.25) is 0 Å². The van der Waals surface area contributed by atoms with Crippen LogP contribution in [0.25, 0.3) is 0 Å². The summed E-state index contributed by atoms with van der Waals surface area (Å²) >= 11 is 0. The minimum atomic E-state index is -0.549. The summed E-state index contributed by atoms with van der Waals surface area (Å²) in [5.41, 5.74) is 2.66. The fraction of sp³-hybridized carbons (Fsp3) is 0.500. The molecule has 1 aromatic rings. The number of hydrogen-bond donors (Lipinski definition) is 2. The third-order valence-corrected chi connectivity index (χ3v) is 3.78. The molecule has 21 heavy (non-hydrogen) atoms. The van der Waals surface area contributed by atoms with E-state index in [1.807, 2.05) is 0 Å². The van der Waals surface area contributed by atoms with Gasteiger partial charge in [-0.3, -0.25) is 20.8 Å². The molecule has 0 unspecified atom stereocenters. The van der Waals surface area contributed by atoms with Crippen molar-refractivity contribution in [3.63, 3.8) is 0 Å². The van der Waals surface area contributed by atoms with Crippen molar-refractivity contribution in [3.05, 3.63) is 33.9 Å². The molecule has 1 fully saturated rings. The molecular formula is C14H20N4O3. The fourth-order valence-electron chi connectivity index (χ4n) is 2.72. The number of nitrogens with one attached hydrogen (secondary N) is 1. The highest BCUT2D eigenvalue weighted by Gasteiger charge is 2.30. The highest BCUT2D eigenvalue weighted by molar-refractivity contribution is 5.95. The van der Waals surface area contributed by atoms with Crippen molar-refractivity contribution in [2.24, 2.45) is 11.3 Å². The lowest BCUT2D eigenvalue weighted by atomic mass is 9.84. The van der Waals surface area contributed by atoms with E-state index in [4.69, 9.17) is 5.84 Å². The lowest BCUT2D eigenvalue weighted by Gasteiger charge is -2.38. The van der Waals surface area contributed by atoms with Gasteiger partial charge < -0.3 is 10.3 Å². The van der Waals surface area contributed by atoms with Gasteiger partial charge >= 0.3 is 0 Å². The zero-order valence-electron chi connectivity index (χ0n) is 12.3. The van der Waals surface area contributed by atoms with E-state index < -0.39 is 4.92 Å². The van der Waals surface area contributed by atoms with Crippen LogP contribution in [0.1, 0.15) is 37.0 Å². The lowest BCUT2D eigenvalue weighted by Crippen LogP contribution is -2.43. The largest absolute Gasteiger partial charge is 0.338 e. The predicted molar refractivity (Wildman–Crippen MR) is 79.8 cm³/mol. The van der Waals surface area contributed by atoms with Crippen molar-refractivity contribution in [2.45, 2.75) is 26.7 Å². The number of nitrogen functional groups attached to an aromatic ring is 1. The Morgan fingerprint density at radius 1 is 1.48 bits per heavy atom. The van der Waals surface area contributed by atoms with Gasteiger partial charge in [0.05, 0.1) is 4.92 Å². The Morgan fingerprint density at radius 2 is 2.19 bits per heavy atom. The topological polar surface area (TPSA) is 102 Å². The quantitative estimate of drug-likeness (QED) is 0.505. The van der Waals surface area contributed by atoms with Crippen molar-refractivity contribution in [1.29, 1.82) is 0 Å². The smallest absolute Gasteiger partial charge is 0.294 e. The highest BCUT2D eigenvalue weighted by atomic mass is 16.6. The Hall–Kier alpha value is -2.15. The first kappa shape index (κ1) is 15.2. The SMILES string of the molecule is CC1(C)CCCN(C(=O)c2ccc(NN)c([N+](=O)[O-])c2)C1. The average molecular weight is 292 g/mol. The number of amides is 1. The normalized spacial score (nSPS) is 17.4. The van der Waals surface area contributed by atoms with Crippen LogP contribution in [0.5, 0.6) is 0 Å². The number of nitrogens with two attached hydrogens (primary N) is 1. The Bertz CT molecular complexity index is 571. The minimum absolute atomic E-state index is 0.0819. The molecule has 7 nitrogen and oxygen atoms in total. The summed E-state index contributed by atoms with van der Waals surface area (Å²) in [7, 11) is 0. The van der Waals surface area contributed by atoms with Gasteiger partial charge in [0.15, 0.2) is 0 Å². The number of benzene rings is 1. The van der Waals surface area contributed by atoms with E-state index in [-0.39, 0.29) is 22.7 Å². The van der Waals surface area contributed by atoms with Gasteiger partial charge in [0.2, 0.25) is 0 Å². The molecule has 1 heterocycles. The molecule has 0 aromatic heterocycles. The van der Waals surface area contributed by atoms with Crippen LogP contribution in [0, 0.1) is 15.5 Å². The zero-order chi connectivity index (χ0) is 15.6. The molecule has 7 heteroatoms. The number of carbonyl (C=O) groups excluding carboxylic acids is 1. The molecule has 0 radical (unpaired) electrons. The zero-order valence-corrected chi connectivity index (χ0v) is 12.3. The Kier molecular flexibility index (Phi) is 4.13. The number of piperidine rings is 1. The van der Waals surface area contributed by atoms with Gasteiger partial charge in [-0.15, -0.1) is 0 Å². The minimum Gasteiger partial charge on any atom is -0.338 e. The molecule has 1 amide bonds. The van der Waals surface area contributed by atoms with Gasteiger partial charge in [0, 0.05) is 24.7 Å². The Balaban J connectivity index is 2.27. The monoisotopic (exact) mass is 292 g/mol. The molecule has 0 aliphatic carbocycles. The van der Waals surface area contributed by atoms with Gasteiger partial charge in [0.25, 0.3) is 11.6 Å². The molecule has 1 saturated heterocycles.